The van der Waals surface area contributed by atoms with E-state index in [9.17, 15) is 14.4 Å². The van der Waals surface area contributed by atoms with Crippen molar-refractivity contribution in [1.82, 2.24) is 5.32 Å². The Morgan fingerprint density at radius 3 is 2.57 bits per heavy atom. The van der Waals surface area contributed by atoms with Crippen molar-refractivity contribution in [1.29, 1.82) is 0 Å². The van der Waals surface area contributed by atoms with Gasteiger partial charge < -0.3 is 5.32 Å². The van der Waals surface area contributed by atoms with Gasteiger partial charge in [-0.05, 0) is 30.9 Å². The van der Waals surface area contributed by atoms with Crippen LogP contribution in [0.15, 0.2) is 12.1 Å². The predicted molar refractivity (Wildman–Crippen MR) is 78.9 cm³/mol. The lowest BCUT2D eigenvalue weighted by atomic mass is 10.1. The smallest absolute Gasteiger partial charge is 0.300 e. The molecule has 0 bridgehead atoms. The van der Waals surface area contributed by atoms with Gasteiger partial charge in [-0.2, -0.15) is 0 Å². The summed E-state index contributed by atoms with van der Waals surface area (Å²) >= 11 is 12.0. The summed E-state index contributed by atoms with van der Waals surface area (Å²) in [4.78, 5) is 37.0. The highest BCUT2D eigenvalue weighted by Crippen LogP contribution is 2.39. The third-order valence-corrected chi connectivity index (χ3v) is 4.22. The monoisotopic (exact) mass is 326 g/mol. The van der Waals surface area contributed by atoms with E-state index < -0.39 is 11.7 Å². The molecular weight excluding hydrogens is 315 g/mol. The second-order valence-corrected chi connectivity index (χ2v) is 6.04. The number of rotatable bonds is 4. The average Bonchev–Trinajstić information content (AvgIpc) is 3.24. The normalized spacial score (nSPS) is 17.1. The Labute approximate surface area is 131 Å². The largest absolute Gasteiger partial charge is 0.354 e. The molecule has 0 spiro atoms. The van der Waals surface area contributed by atoms with Gasteiger partial charge in [-0.15, -0.1) is 0 Å². The van der Waals surface area contributed by atoms with E-state index in [1.165, 1.54) is 12.1 Å². The molecule has 1 aromatic carbocycles. The summed E-state index contributed by atoms with van der Waals surface area (Å²) in [5, 5.41) is 3.14. The third kappa shape index (κ3) is 2.63. The van der Waals surface area contributed by atoms with Crippen LogP contribution in [0.25, 0.3) is 0 Å². The zero-order valence-corrected chi connectivity index (χ0v) is 12.5. The Hall–Kier alpha value is -1.59. The zero-order chi connectivity index (χ0) is 15.1. The van der Waals surface area contributed by atoms with E-state index in [0.29, 0.717) is 12.5 Å². The van der Waals surface area contributed by atoms with Crippen LogP contribution in [0.3, 0.4) is 0 Å². The number of ketones is 1. The zero-order valence-electron chi connectivity index (χ0n) is 11.0. The van der Waals surface area contributed by atoms with E-state index in [-0.39, 0.29) is 33.7 Å². The summed E-state index contributed by atoms with van der Waals surface area (Å²) in [7, 11) is 0. The van der Waals surface area contributed by atoms with Gasteiger partial charge in [0, 0.05) is 6.54 Å². The summed E-state index contributed by atoms with van der Waals surface area (Å²) in [5.41, 5.74) is 0.296. The summed E-state index contributed by atoms with van der Waals surface area (Å²) in [5.74, 6) is -1.28. The lowest BCUT2D eigenvalue weighted by Gasteiger charge is -2.17. The van der Waals surface area contributed by atoms with Crippen LogP contribution < -0.4 is 10.2 Å². The van der Waals surface area contributed by atoms with Crippen molar-refractivity contribution in [2.24, 2.45) is 5.92 Å². The van der Waals surface area contributed by atoms with Crippen LogP contribution in [-0.4, -0.2) is 30.7 Å². The molecule has 5 nitrogen and oxygen atoms in total. The van der Waals surface area contributed by atoms with Crippen molar-refractivity contribution >= 4 is 46.5 Å². The molecule has 1 aliphatic carbocycles. The highest BCUT2D eigenvalue weighted by Gasteiger charge is 2.40. The molecule has 0 unspecified atom stereocenters. The molecule has 2 amide bonds. The van der Waals surface area contributed by atoms with Crippen molar-refractivity contribution in [2.45, 2.75) is 12.8 Å². The van der Waals surface area contributed by atoms with Crippen molar-refractivity contribution in [3.8, 4) is 0 Å². The number of carbonyl (C=O) groups excluding carboxylic acids is 3. The number of halogens is 2. The van der Waals surface area contributed by atoms with E-state index >= 15 is 0 Å². The number of hydrogen-bond acceptors (Lipinski definition) is 3. The molecule has 1 aliphatic heterocycles. The van der Waals surface area contributed by atoms with E-state index in [1.807, 2.05) is 0 Å². The maximum Gasteiger partial charge on any atom is 0.300 e. The van der Waals surface area contributed by atoms with Gasteiger partial charge in [0.1, 0.15) is 6.54 Å². The molecule has 0 atom stereocenters. The number of hydrogen-bond donors (Lipinski definition) is 1. The molecule has 3 rings (SSSR count). The van der Waals surface area contributed by atoms with Gasteiger partial charge >= 0.3 is 0 Å². The minimum atomic E-state index is -0.776. The maximum absolute atomic E-state index is 12.0. The van der Waals surface area contributed by atoms with Crippen LogP contribution in [-0.2, 0) is 9.59 Å². The fourth-order valence-corrected chi connectivity index (χ4v) is 2.78. The lowest BCUT2D eigenvalue weighted by molar-refractivity contribution is -0.122. The molecule has 110 valence electrons. The average molecular weight is 327 g/mol. The van der Waals surface area contributed by atoms with Crippen LogP contribution in [0.1, 0.15) is 23.2 Å². The number of anilines is 1. The summed E-state index contributed by atoms with van der Waals surface area (Å²) < 4.78 is 0. The molecule has 1 saturated carbocycles. The van der Waals surface area contributed by atoms with Gasteiger partial charge in [0.2, 0.25) is 5.91 Å². The number of nitrogens with zero attached hydrogens (tertiary/aromatic N) is 1. The topological polar surface area (TPSA) is 66.5 Å². The lowest BCUT2D eigenvalue weighted by Crippen LogP contribution is -2.40. The number of carbonyl (C=O) groups is 3. The van der Waals surface area contributed by atoms with Crippen LogP contribution in [0.4, 0.5) is 5.69 Å². The Kier molecular flexibility index (Phi) is 3.63. The van der Waals surface area contributed by atoms with Crippen LogP contribution in [0, 0.1) is 5.92 Å². The van der Waals surface area contributed by atoms with Crippen molar-refractivity contribution in [3.63, 3.8) is 0 Å². The molecule has 0 aromatic heterocycles. The molecule has 0 radical (unpaired) electrons. The fourth-order valence-electron chi connectivity index (χ4n) is 2.28. The van der Waals surface area contributed by atoms with Gasteiger partial charge in [-0.3, -0.25) is 19.3 Å². The Balaban J connectivity index is 1.83. The molecule has 1 aromatic rings. The Morgan fingerprint density at radius 2 is 1.90 bits per heavy atom. The summed E-state index contributed by atoms with van der Waals surface area (Å²) in [6.07, 6.45) is 2.23. The number of amides is 2. The molecule has 0 saturated heterocycles. The van der Waals surface area contributed by atoms with E-state index in [2.05, 4.69) is 5.32 Å². The molecule has 1 heterocycles. The van der Waals surface area contributed by atoms with Gasteiger partial charge in [0.25, 0.3) is 11.7 Å². The van der Waals surface area contributed by atoms with Crippen LogP contribution in [0.2, 0.25) is 10.0 Å². The molecule has 1 N–H and O–H groups in total. The first-order valence-electron chi connectivity index (χ1n) is 6.60. The summed E-state index contributed by atoms with van der Waals surface area (Å²) in [6, 6.07) is 2.97. The van der Waals surface area contributed by atoms with Crippen molar-refractivity contribution in [2.75, 3.05) is 18.0 Å². The Morgan fingerprint density at radius 1 is 1.24 bits per heavy atom. The minimum absolute atomic E-state index is 0.0733. The van der Waals surface area contributed by atoms with Crippen molar-refractivity contribution in [3.05, 3.63) is 27.7 Å². The number of nitrogens with one attached hydrogen (secondary N) is 1. The van der Waals surface area contributed by atoms with Crippen LogP contribution >= 0.6 is 23.2 Å². The molecule has 7 heteroatoms. The first-order chi connectivity index (χ1) is 9.99. The molecular formula is C14H12Cl2N2O3. The maximum atomic E-state index is 12.0. The molecule has 21 heavy (non-hydrogen) atoms. The fraction of sp³-hybridized carbons (Fsp3) is 0.357. The number of benzene rings is 1. The number of fused-ring (bicyclic) bond motifs is 1. The number of Topliss-reactive ketones (excluding diaryl/α,β-unsaturated/α-hetero) is 1. The van der Waals surface area contributed by atoms with E-state index in [4.69, 9.17) is 23.2 Å². The van der Waals surface area contributed by atoms with Gasteiger partial charge in [0.15, 0.2) is 0 Å². The standard InChI is InChI=1S/C14H12Cl2N2O3/c15-8-3-4-9(16)12-11(8)13(20)14(21)18(12)6-10(19)17-5-7-1-2-7/h3-4,7H,1-2,5-6H2,(H,17,19). The molecule has 1 fully saturated rings. The van der Waals surface area contributed by atoms with Gasteiger partial charge in [-0.25, -0.2) is 0 Å². The third-order valence-electron chi connectivity index (χ3n) is 3.60. The van der Waals surface area contributed by atoms with E-state index in [1.54, 1.807) is 0 Å². The first-order valence-corrected chi connectivity index (χ1v) is 7.35. The Bertz CT molecular complexity index is 656. The minimum Gasteiger partial charge on any atom is -0.354 e. The van der Waals surface area contributed by atoms with Crippen molar-refractivity contribution < 1.29 is 14.4 Å². The van der Waals surface area contributed by atoms with Gasteiger partial charge in [-0.1, -0.05) is 23.2 Å². The predicted octanol–water partition coefficient (Wildman–Crippen LogP) is 2.05. The first kappa shape index (κ1) is 14.4. The highest BCUT2D eigenvalue weighted by atomic mass is 35.5. The highest BCUT2D eigenvalue weighted by molar-refractivity contribution is 6.57. The molecule has 2 aliphatic rings. The van der Waals surface area contributed by atoms with E-state index in [0.717, 1.165) is 17.7 Å². The van der Waals surface area contributed by atoms with Gasteiger partial charge in [0.05, 0.1) is 21.3 Å². The van der Waals surface area contributed by atoms with Crippen LogP contribution in [0.5, 0.6) is 0 Å². The summed E-state index contributed by atoms with van der Waals surface area (Å²) in [6.45, 7) is 0.370. The SMILES string of the molecule is O=C(CN1C(=O)C(=O)c2c(Cl)ccc(Cl)c21)NCC1CC1. The quantitative estimate of drug-likeness (QED) is 0.861. The second-order valence-electron chi connectivity index (χ2n) is 5.22. The second kappa shape index (κ2) is 5.31.